The fourth-order valence-electron chi connectivity index (χ4n) is 2.56. The van der Waals surface area contributed by atoms with Gasteiger partial charge in [0.25, 0.3) is 0 Å². The van der Waals surface area contributed by atoms with Crippen LogP contribution >= 0.6 is 15.9 Å². The molecule has 1 heterocycles. The van der Waals surface area contributed by atoms with Gasteiger partial charge in [0, 0.05) is 10.0 Å². The lowest BCUT2D eigenvalue weighted by atomic mass is 10.0. The third-order valence-corrected chi connectivity index (χ3v) is 4.52. The van der Waals surface area contributed by atoms with Gasteiger partial charge in [0.15, 0.2) is 0 Å². The highest BCUT2D eigenvalue weighted by Gasteiger charge is 2.06. The quantitative estimate of drug-likeness (QED) is 0.474. The molecule has 4 nitrogen and oxygen atoms in total. The number of rotatable bonds is 5. The lowest BCUT2D eigenvalue weighted by Gasteiger charge is -2.05. The van der Waals surface area contributed by atoms with Crippen molar-refractivity contribution < 1.29 is 9.21 Å². The minimum absolute atomic E-state index is 0.158. The van der Waals surface area contributed by atoms with E-state index in [4.69, 9.17) is 4.42 Å². The van der Waals surface area contributed by atoms with Gasteiger partial charge in [-0.15, -0.1) is 0 Å². The zero-order valence-corrected chi connectivity index (χ0v) is 16.2. The first-order valence-electron chi connectivity index (χ1n) is 8.25. The van der Waals surface area contributed by atoms with E-state index in [-0.39, 0.29) is 5.91 Å². The number of nitrogens with one attached hydrogen (secondary N) is 1. The Kier molecular flexibility index (Phi) is 5.68. The van der Waals surface area contributed by atoms with Crippen molar-refractivity contribution in [2.45, 2.75) is 20.3 Å². The zero-order chi connectivity index (χ0) is 18.5. The maximum Gasteiger partial charge on any atom is 0.244 e. The molecule has 5 heteroatoms. The van der Waals surface area contributed by atoms with E-state index >= 15 is 0 Å². The largest absolute Gasteiger partial charge is 0.455 e. The molecule has 0 unspecified atom stereocenters. The Morgan fingerprint density at radius 1 is 1.12 bits per heavy atom. The molecule has 0 bridgehead atoms. The normalized spacial score (nSPS) is 11.0. The molecule has 1 N–H and O–H groups in total. The molecule has 0 saturated carbocycles. The molecule has 26 heavy (non-hydrogen) atoms. The van der Waals surface area contributed by atoms with Crippen LogP contribution in [0.4, 0.5) is 0 Å². The standard InChI is InChI=1S/C21H19BrN2O2/c1-14-3-4-15(2)17(11-14)12-21(25)24-23-13-19-9-10-20(26-19)16-5-7-18(22)8-6-16/h3-11,13H,12H2,1-2H3,(H,24,25)/b23-13-. The third kappa shape index (κ3) is 4.70. The Hall–Kier alpha value is -2.66. The van der Waals surface area contributed by atoms with Gasteiger partial charge in [0.05, 0.1) is 12.6 Å². The summed E-state index contributed by atoms with van der Waals surface area (Å²) in [5, 5.41) is 3.99. The average Bonchev–Trinajstić information content (AvgIpc) is 3.08. The van der Waals surface area contributed by atoms with Crippen molar-refractivity contribution in [2.75, 3.05) is 0 Å². The van der Waals surface area contributed by atoms with E-state index in [1.165, 1.54) is 6.21 Å². The zero-order valence-electron chi connectivity index (χ0n) is 14.6. The van der Waals surface area contributed by atoms with Gasteiger partial charge >= 0.3 is 0 Å². The van der Waals surface area contributed by atoms with Crippen LogP contribution in [0.15, 0.2) is 68.6 Å². The summed E-state index contributed by atoms with van der Waals surface area (Å²) in [5.41, 5.74) is 6.77. The van der Waals surface area contributed by atoms with Crippen LogP contribution in [0.25, 0.3) is 11.3 Å². The van der Waals surface area contributed by atoms with Crippen molar-refractivity contribution in [3.05, 3.63) is 81.5 Å². The van der Waals surface area contributed by atoms with E-state index in [2.05, 4.69) is 26.5 Å². The minimum Gasteiger partial charge on any atom is -0.455 e. The van der Waals surface area contributed by atoms with Crippen molar-refractivity contribution in [1.29, 1.82) is 0 Å². The number of hydrazone groups is 1. The summed E-state index contributed by atoms with van der Waals surface area (Å²) in [4.78, 5) is 12.1. The molecule has 2 aromatic carbocycles. The predicted octanol–water partition coefficient (Wildman–Crippen LogP) is 5.02. The molecule has 0 spiro atoms. The van der Waals surface area contributed by atoms with Gasteiger partial charge in [-0.25, -0.2) is 5.43 Å². The monoisotopic (exact) mass is 410 g/mol. The number of furan rings is 1. The lowest BCUT2D eigenvalue weighted by Crippen LogP contribution is -2.20. The molecule has 0 saturated heterocycles. The predicted molar refractivity (Wildman–Crippen MR) is 107 cm³/mol. The molecule has 1 aromatic heterocycles. The Morgan fingerprint density at radius 3 is 2.65 bits per heavy atom. The van der Waals surface area contributed by atoms with Crippen LogP contribution in [0.2, 0.25) is 0 Å². The van der Waals surface area contributed by atoms with Crippen LogP contribution in [0.1, 0.15) is 22.5 Å². The second-order valence-corrected chi connectivity index (χ2v) is 7.02. The van der Waals surface area contributed by atoms with Crippen LogP contribution < -0.4 is 5.43 Å². The second-order valence-electron chi connectivity index (χ2n) is 6.11. The number of nitrogens with zero attached hydrogens (tertiary/aromatic N) is 1. The van der Waals surface area contributed by atoms with Crippen molar-refractivity contribution >= 4 is 28.1 Å². The van der Waals surface area contributed by atoms with Gasteiger partial charge in [0.2, 0.25) is 5.91 Å². The molecule has 0 aliphatic rings. The first-order valence-corrected chi connectivity index (χ1v) is 9.04. The summed E-state index contributed by atoms with van der Waals surface area (Å²) in [6.07, 6.45) is 1.80. The van der Waals surface area contributed by atoms with Crippen LogP contribution in [0.3, 0.4) is 0 Å². The van der Waals surface area contributed by atoms with Crippen LogP contribution in [0.5, 0.6) is 0 Å². The molecular formula is C21H19BrN2O2. The van der Waals surface area contributed by atoms with Crippen molar-refractivity contribution in [3.8, 4) is 11.3 Å². The number of halogens is 1. The van der Waals surface area contributed by atoms with Crippen LogP contribution in [-0.2, 0) is 11.2 Å². The maximum absolute atomic E-state index is 12.1. The summed E-state index contributed by atoms with van der Waals surface area (Å²) >= 11 is 3.41. The number of benzene rings is 2. The molecule has 0 atom stereocenters. The van der Waals surface area contributed by atoms with Crippen molar-refractivity contribution in [1.82, 2.24) is 5.43 Å². The van der Waals surface area contributed by atoms with Gasteiger partial charge in [-0.1, -0.05) is 51.8 Å². The molecule has 1 amide bonds. The Labute approximate surface area is 161 Å². The van der Waals surface area contributed by atoms with Crippen molar-refractivity contribution in [3.63, 3.8) is 0 Å². The Balaban J connectivity index is 1.59. The first kappa shape index (κ1) is 18.1. The number of carbonyl (C=O) groups is 1. The molecular weight excluding hydrogens is 392 g/mol. The second kappa shape index (κ2) is 8.15. The van der Waals surface area contributed by atoms with Gasteiger partial charge < -0.3 is 4.42 Å². The van der Waals surface area contributed by atoms with E-state index in [9.17, 15) is 4.79 Å². The summed E-state index contributed by atoms with van der Waals surface area (Å²) in [6.45, 7) is 4.01. The van der Waals surface area contributed by atoms with Gasteiger partial charge in [-0.3, -0.25) is 4.79 Å². The number of hydrogen-bond acceptors (Lipinski definition) is 3. The topological polar surface area (TPSA) is 54.6 Å². The van der Waals surface area contributed by atoms with E-state index in [1.807, 2.05) is 68.4 Å². The number of aryl methyl sites for hydroxylation is 2. The molecule has 0 radical (unpaired) electrons. The first-order chi connectivity index (χ1) is 12.5. The summed E-state index contributed by atoms with van der Waals surface area (Å²) in [6, 6.07) is 17.6. The molecule has 3 aromatic rings. The third-order valence-electron chi connectivity index (χ3n) is 3.99. The number of hydrogen-bond donors (Lipinski definition) is 1. The van der Waals surface area contributed by atoms with E-state index in [1.54, 1.807) is 0 Å². The smallest absolute Gasteiger partial charge is 0.244 e. The summed E-state index contributed by atoms with van der Waals surface area (Å²) in [5.74, 6) is 1.17. The Morgan fingerprint density at radius 2 is 1.88 bits per heavy atom. The number of carbonyl (C=O) groups excluding carboxylic acids is 1. The lowest BCUT2D eigenvalue weighted by molar-refractivity contribution is -0.120. The number of amides is 1. The molecule has 3 rings (SSSR count). The van der Waals surface area contributed by atoms with E-state index < -0.39 is 0 Å². The summed E-state index contributed by atoms with van der Waals surface area (Å²) < 4.78 is 6.74. The molecule has 0 aliphatic heterocycles. The van der Waals surface area contributed by atoms with Crippen LogP contribution in [-0.4, -0.2) is 12.1 Å². The fourth-order valence-corrected chi connectivity index (χ4v) is 2.83. The SMILES string of the molecule is Cc1ccc(C)c(CC(=O)N/N=C\c2ccc(-c3ccc(Br)cc3)o2)c1. The molecule has 0 fully saturated rings. The van der Waals surface area contributed by atoms with Crippen molar-refractivity contribution in [2.24, 2.45) is 5.10 Å². The molecule has 132 valence electrons. The highest BCUT2D eigenvalue weighted by molar-refractivity contribution is 9.10. The fraction of sp³-hybridized carbons (Fsp3) is 0.143. The molecule has 0 aliphatic carbocycles. The van der Waals surface area contributed by atoms with Gasteiger partial charge in [0.1, 0.15) is 11.5 Å². The Bertz CT molecular complexity index is 943. The minimum atomic E-state index is -0.158. The van der Waals surface area contributed by atoms with E-state index in [0.717, 1.165) is 32.5 Å². The average molecular weight is 411 g/mol. The maximum atomic E-state index is 12.1. The van der Waals surface area contributed by atoms with E-state index in [0.29, 0.717) is 12.2 Å². The van der Waals surface area contributed by atoms with Gasteiger partial charge in [-0.2, -0.15) is 5.10 Å². The van der Waals surface area contributed by atoms with Gasteiger partial charge in [-0.05, 0) is 49.2 Å². The summed E-state index contributed by atoms with van der Waals surface area (Å²) in [7, 11) is 0. The highest BCUT2D eigenvalue weighted by Crippen LogP contribution is 2.23. The highest BCUT2D eigenvalue weighted by atomic mass is 79.9. The van der Waals surface area contributed by atoms with Crippen LogP contribution in [0, 0.1) is 13.8 Å².